The van der Waals surface area contributed by atoms with Crippen molar-refractivity contribution in [3.63, 3.8) is 0 Å². The summed E-state index contributed by atoms with van der Waals surface area (Å²) in [4.78, 5) is 11.7. The Hall–Kier alpha value is -1.10. The lowest BCUT2D eigenvalue weighted by Crippen LogP contribution is -2.72. The van der Waals surface area contributed by atoms with Gasteiger partial charge in [0.05, 0.1) is 10.7 Å². The number of rotatable bonds is 4. The average molecular weight is 308 g/mol. The van der Waals surface area contributed by atoms with E-state index in [1.54, 1.807) is 11.3 Å². The zero-order chi connectivity index (χ0) is 15.7. The van der Waals surface area contributed by atoms with Crippen LogP contribution in [0.2, 0.25) is 0 Å². The van der Waals surface area contributed by atoms with Crippen LogP contribution < -0.4 is 5.32 Å². The van der Waals surface area contributed by atoms with Gasteiger partial charge in [-0.05, 0) is 27.7 Å². The highest BCUT2D eigenvalue weighted by molar-refractivity contribution is 7.09. The summed E-state index contributed by atoms with van der Waals surface area (Å²) >= 11 is 1.71. The van der Waals surface area contributed by atoms with Crippen molar-refractivity contribution < 1.29 is 0 Å². The van der Waals surface area contributed by atoms with Gasteiger partial charge in [0.1, 0.15) is 0 Å². The van der Waals surface area contributed by atoms with Crippen LogP contribution in [0, 0.1) is 12.3 Å². The fourth-order valence-corrected chi connectivity index (χ4v) is 3.24. The van der Waals surface area contributed by atoms with E-state index in [1.165, 1.54) is 0 Å². The lowest BCUT2D eigenvalue weighted by Gasteiger charge is -2.62. The molecule has 118 valence electrons. The highest BCUT2D eigenvalue weighted by Gasteiger charge is 2.53. The first kappa shape index (κ1) is 16.3. The number of likely N-dealkylation sites (tertiary alicyclic amines) is 1. The number of aliphatic imine (C=N–C) groups is 1. The molecule has 1 aliphatic heterocycles. The minimum atomic E-state index is 0.144. The monoisotopic (exact) mass is 308 g/mol. The van der Waals surface area contributed by atoms with Crippen molar-refractivity contribution in [1.29, 1.82) is 0 Å². The Bertz CT molecular complexity index is 516. The highest BCUT2D eigenvalue weighted by atomic mass is 32.1. The standard InChI is InChI=1S/C16H28N4S/c1-7-17-14(20-11-15(3,4)16(20,5)6)18-9-8-13-10-21-12(2)19-13/h10H,7-9,11H2,1-6H3,(H,17,18). The van der Waals surface area contributed by atoms with Crippen molar-refractivity contribution in [2.24, 2.45) is 10.4 Å². The molecular weight excluding hydrogens is 280 g/mol. The third kappa shape index (κ3) is 3.23. The van der Waals surface area contributed by atoms with E-state index in [9.17, 15) is 0 Å². The molecule has 2 heterocycles. The second kappa shape index (κ2) is 5.95. The second-order valence-corrected chi connectivity index (χ2v) is 7.93. The molecule has 1 aromatic heterocycles. The van der Waals surface area contributed by atoms with E-state index in [2.05, 4.69) is 55.2 Å². The Morgan fingerprint density at radius 3 is 2.62 bits per heavy atom. The van der Waals surface area contributed by atoms with Crippen molar-refractivity contribution in [3.8, 4) is 0 Å². The quantitative estimate of drug-likeness (QED) is 0.686. The summed E-state index contributed by atoms with van der Waals surface area (Å²) < 4.78 is 0. The fraction of sp³-hybridized carbons (Fsp3) is 0.750. The molecule has 0 unspecified atom stereocenters. The Balaban J connectivity index is 2.00. The normalized spacial score (nSPS) is 20.3. The summed E-state index contributed by atoms with van der Waals surface area (Å²) in [6, 6.07) is 0. The molecule has 0 radical (unpaired) electrons. The topological polar surface area (TPSA) is 40.5 Å². The summed E-state index contributed by atoms with van der Waals surface area (Å²) in [5.74, 6) is 1.04. The van der Waals surface area contributed by atoms with Gasteiger partial charge in [0, 0.05) is 42.4 Å². The third-order valence-corrected chi connectivity index (χ3v) is 5.59. The lowest BCUT2D eigenvalue weighted by molar-refractivity contribution is -0.0667. The Kier molecular flexibility index (Phi) is 4.61. The molecule has 0 amide bonds. The Labute approximate surface area is 132 Å². The van der Waals surface area contributed by atoms with Crippen LogP contribution in [0.4, 0.5) is 0 Å². The molecule has 0 saturated carbocycles. The van der Waals surface area contributed by atoms with E-state index in [0.717, 1.165) is 42.7 Å². The van der Waals surface area contributed by atoms with Gasteiger partial charge in [0.25, 0.3) is 0 Å². The van der Waals surface area contributed by atoms with Crippen LogP contribution in [-0.2, 0) is 6.42 Å². The second-order valence-electron chi connectivity index (χ2n) is 6.87. The van der Waals surface area contributed by atoms with Crippen LogP contribution in [0.1, 0.15) is 45.3 Å². The molecule has 2 rings (SSSR count). The molecule has 1 fully saturated rings. The van der Waals surface area contributed by atoms with Crippen molar-refractivity contribution in [1.82, 2.24) is 15.2 Å². The SMILES string of the molecule is CCNC(=NCCc1csc(C)n1)N1CC(C)(C)C1(C)C. The van der Waals surface area contributed by atoms with Crippen LogP contribution in [0.5, 0.6) is 0 Å². The molecule has 0 aliphatic carbocycles. The maximum absolute atomic E-state index is 4.80. The highest BCUT2D eigenvalue weighted by Crippen LogP contribution is 2.46. The lowest BCUT2D eigenvalue weighted by atomic mass is 9.65. The zero-order valence-electron chi connectivity index (χ0n) is 14.2. The van der Waals surface area contributed by atoms with Gasteiger partial charge in [-0.2, -0.15) is 0 Å². The first-order valence-electron chi connectivity index (χ1n) is 7.75. The van der Waals surface area contributed by atoms with Gasteiger partial charge in [-0.15, -0.1) is 11.3 Å². The summed E-state index contributed by atoms with van der Waals surface area (Å²) in [7, 11) is 0. The summed E-state index contributed by atoms with van der Waals surface area (Å²) in [5, 5.41) is 6.69. The van der Waals surface area contributed by atoms with Crippen molar-refractivity contribution in [3.05, 3.63) is 16.1 Å². The van der Waals surface area contributed by atoms with E-state index in [1.807, 2.05) is 6.92 Å². The van der Waals surface area contributed by atoms with Crippen LogP contribution in [-0.4, -0.2) is 41.0 Å². The fourth-order valence-electron chi connectivity index (χ4n) is 2.59. The first-order valence-corrected chi connectivity index (χ1v) is 8.63. The number of guanidine groups is 1. The van der Waals surface area contributed by atoms with E-state index in [4.69, 9.17) is 4.99 Å². The maximum atomic E-state index is 4.80. The molecule has 5 heteroatoms. The molecule has 1 saturated heterocycles. The van der Waals surface area contributed by atoms with Crippen molar-refractivity contribution in [2.75, 3.05) is 19.6 Å². The van der Waals surface area contributed by atoms with Gasteiger partial charge >= 0.3 is 0 Å². The number of hydrogen-bond acceptors (Lipinski definition) is 3. The van der Waals surface area contributed by atoms with Gasteiger partial charge in [-0.3, -0.25) is 4.99 Å². The van der Waals surface area contributed by atoms with E-state index < -0.39 is 0 Å². The molecule has 0 atom stereocenters. The van der Waals surface area contributed by atoms with Gasteiger partial charge < -0.3 is 10.2 Å². The predicted octanol–water partition coefficient (Wildman–Crippen LogP) is 3.08. The molecule has 4 nitrogen and oxygen atoms in total. The smallest absolute Gasteiger partial charge is 0.194 e. The molecule has 1 N–H and O–H groups in total. The zero-order valence-corrected chi connectivity index (χ0v) is 15.0. The minimum absolute atomic E-state index is 0.144. The number of nitrogens with zero attached hydrogens (tertiary/aromatic N) is 3. The number of aryl methyl sites for hydroxylation is 1. The minimum Gasteiger partial charge on any atom is -0.356 e. The maximum Gasteiger partial charge on any atom is 0.194 e. The largest absolute Gasteiger partial charge is 0.356 e. The van der Waals surface area contributed by atoms with Gasteiger partial charge in [-0.25, -0.2) is 4.98 Å². The van der Waals surface area contributed by atoms with E-state index >= 15 is 0 Å². The first-order chi connectivity index (χ1) is 9.78. The summed E-state index contributed by atoms with van der Waals surface area (Å²) in [6.45, 7) is 16.2. The number of hydrogen-bond donors (Lipinski definition) is 1. The van der Waals surface area contributed by atoms with E-state index in [-0.39, 0.29) is 5.54 Å². The molecule has 0 spiro atoms. The van der Waals surface area contributed by atoms with Gasteiger partial charge in [0.2, 0.25) is 0 Å². The molecule has 1 aromatic rings. The number of thiazole rings is 1. The Morgan fingerprint density at radius 1 is 1.43 bits per heavy atom. The van der Waals surface area contributed by atoms with Crippen LogP contribution in [0.3, 0.4) is 0 Å². The molecule has 0 aromatic carbocycles. The summed E-state index contributed by atoms with van der Waals surface area (Å²) in [5.41, 5.74) is 1.63. The molecular formula is C16H28N4S. The van der Waals surface area contributed by atoms with Gasteiger partial charge in [-0.1, -0.05) is 13.8 Å². The Morgan fingerprint density at radius 2 is 2.14 bits per heavy atom. The molecule has 1 aliphatic rings. The van der Waals surface area contributed by atoms with Crippen LogP contribution in [0.15, 0.2) is 10.4 Å². The van der Waals surface area contributed by atoms with Gasteiger partial charge in [0.15, 0.2) is 5.96 Å². The summed E-state index contributed by atoms with van der Waals surface area (Å²) in [6.07, 6.45) is 0.914. The molecule has 0 bridgehead atoms. The predicted molar refractivity (Wildman–Crippen MR) is 91.1 cm³/mol. The number of nitrogens with one attached hydrogen (secondary N) is 1. The molecule has 21 heavy (non-hydrogen) atoms. The van der Waals surface area contributed by atoms with Crippen LogP contribution >= 0.6 is 11.3 Å². The third-order valence-electron chi connectivity index (χ3n) is 4.77. The van der Waals surface area contributed by atoms with Crippen molar-refractivity contribution >= 4 is 17.3 Å². The average Bonchev–Trinajstić information content (AvgIpc) is 2.81. The number of aromatic nitrogens is 1. The van der Waals surface area contributed by atoms with E-state index in [0.29, 0.717) is 5.41 Å². The van der Waals surface area contributed by atoms with Crippen molar-refractivity contribution in [2.45, 2.75) is 53.5 Å². The van der Waals surface area contributed by atoms with Crippen LogP contribution in [0.25, 0.3) is 0 Å².